The number of rotatable bonds is 3. The average molecular weight is 439 g/mol. The molecule has 0 atom stereocenters. The number of amides is 1. The predicted octanol–water partition coefficient (Wildman–Crippen LogP) is 2.96. The monoisotopic (exact) mass is 438 g/mol. The van der Waals surface area contributed by atoms with Crippen LogP contribution in [0, 0.1) is 5.82 Å². The summed E-state index contributed by atoms with van der Waals surface area (Å²) in [6, 6.07) is 8.02. The summed E-state index contributed by atoms with van der Waals surface area (Å²) in [4.78, 5) is 27.7. The van der Waals surface area contributed by atoms with Crippen LogP contribution in [-0.2, 0) is 16.6 Å². The molecule has 1 amide bonds. The Morgan fingerprint density at radius 1 is 1.22 bits per heavy atom. The normalized spacial score (nSPS) is 23.9. The van der Waals surface area contributed by atoms with E-state index in [1.165, 1.54) is 23.7 Å². The highest BCUT2D eigenvalue weighted by Gasteiger charge is 2.44. The number of carbonyl (C=O) groups excluding carboxylic acids is 1. The second-order valence-corrected chi connectivity index (χ2v) is 10.1. The Labute approximate surface area is 185 Å². The van der Waals surface area contributed by atoms with E-state index in [4.69, 9.17) is 5.10 Å². The molecule has 2 aliphatic rings. The molecule has 1 aromatic carbocycles. The maximum Gasteiger partial charge on any atom is 0.350 e. The van der Waals surface area contributed by atoms with Crippen LogP contribution in [0.5, 0.6) is 0 Å². The third kappa shape index (κ3) is 3.16. The third-order valence-corrected chi connectivity index (χ3v) is 6.74. The van der Waals surface area contributed by atoms with Gasteiger partial charge in [0.1, 0.15) is 5.82 Å². The molecule has 0 unspecified atom stereocenters. The molecule has 0 bridgehead atoms. The maximum absolute atomic E-state index is 13.6. The van der Waals surface area contributed by atoms with E-state index in [1.54, 1.807) is 28.4 Å². The average Bonchev–Trinajstić information content (AvgIpc) is 3.16. The number of hydrogen-bond donors (Lipinski definition) is 1. The number of fused-ring (bicyclic) bond motifs is 3. The minimum absolute atomic E-state index is 0.0839. The molecule has 3 heterocycles. The first-order chi connectivity index (χ1) is 15.0. The summed E-state index contributed by atoms with van der Waals surface area (Å²) in [6.07, 6.45) is 1.38. The summed E-state index contributed by atoms with van der Waals surface area (Å²) in [5, 5.41) is 14.9. The fourth-order valence-electron chi connectivity index (χ4n) is 5.21. The van der Waals surface area contributed by atoms with Crippen LogP contribution in [0.25, 0.3) is 5.65 Å². The lowest BCUT2D eigenvalue weighted by Crippen LogP contribution is -2.45. The molecule has 168 valence electrons. The Balaban J connectivity index is 1.74. The van der Waals surface area contributed by atoms with Crippen molar-refractivity contribution in [2.75, 3.05) is 11.4 Å². The lowest BCUT2D eigenvalue weighted by molar-refractivity contribution is -0.116. The lowest BCUT2D eigenvalue weighted by atomic mass is 9.77. The number of hydrogen-bond acceptors (Lipinski definition) is 4. The molecule has 0 saturated heterocycles. The van der Waals surface area contributed by atoms with Crippen molar-refractivity contribution in [3.8, 4) is 0 Å². The molecule has 1 saturated carbocycles. The van der Waals surface area contributed by atoms with Crippen molar-refractivity contribution in [1.29, 1.82) is 0 Å². The first-order valence-corrected chi connectivity index (χ1v) is 10.9. The number of anilines is 1. The van der Waals surface area contributed by atoms with E-state index in [1.807, 2.05) is 19.9 Å². The number of nitrogens with zero attached hydrogens (tertiary/aromatic N) is 4. The summed E-state index contributed by atoms with van der Waals surface area (Å²) < 4.78 is 16.5. The molecular formula is C24H27FN4O3. The van der Waals surface area contributed by atoms with Crippen molar-refractivity contribution >= 4 is 17.2 Å². The lowest BCUT2D eigenvalue weighted by Gasteiger charge is -2.40. The van der Waals surface area contributed by atoms with Crippen LogP contribution in [0.3, 0.4) is 0 Å². The number of halogens is 1. The first-order valence-electron chi connectivity index (χ1n) is 10.9. The van der Waals surface area contributed by atoms with Gasteiger partial charge in [0.2, 0.25) is 5.91 Å². The molecule has 8 heteroatoms. The van der Waals surface area contributed by atoms with E-state index in [9.17, 15) is 19.1 Å². The van der Waals surface area contributed by atoms with Gasteiger partial charge in [0.15, 0.2) is 5.65 Å². The molecule has 1 fully saturated rings. The Morgan fingerprint density at radius 3 is 2.47 bits per heavy atom. The zero-order valence-electron chi connectivity index (χ0n) is 18.7. The molecule has 1 aliphatic carbocycles. The smallest absolute Gasteiger partial charge is 0.350 e. The van der Waals surface area contributed by atoms with Crippen molar-refractivity contribution in [3.63, 3.8) is 0 Å². The Hall–Kier alpha value is -3.00. The van der Waals surface area contributed by atoms with Crippen LogP contribution in [0.15, 0.2) is 35.1 Å². The van der Waals surface area contributed by atoms with Gasteiger partial charge in [-0.05, 0) is 43.5 Å². The first kappa shape index (κ1) is 20.9. The zero-order valence-corrected chi connectivity index (χ0v) is 18.7. The SMILES string of the molecule is CC(=O)N1CC(C)(C)c2c1cc(Cc1ccc(F)cc1)c1nn(C3CC(C)(O)C3)c(=O)n21. The molecule has 7 nitrogen and oxygen atoms in total. The molecule has 2 aromatic heterocycles. The van der Waals surface area contributed by atoms with Gasteiger partial charge in [0.05, 0.1) is 23.0 Å². The van der Waals surface area contributed by atoms with Gasteiger partial charge in [-0.2, -0.15) is 0 Å². The predicted molar refractivity (Wildman–Crippen MR) is 119 cm³/mol. The van der Waals surface area contributed by atoms with Gasteiger partial charge in [-0.3, -0.25) is 4.79 Å². The summed E-state index contributed by atoms with van der Waals surface area (Å²) in [5.41, 5.74) is 2.23. The summed E-state index contributed by atoms with van der Waals surface area (Å²) in [7, 11) is 0. The highest BCUT2D eigenvalue weighted by atomic mass is 19.1. The van der Waals surface area contributed by atoms with Crippen LogP contribution in [0.2, 0.25) is 0 Å². The quantitative estimate of drug-likeness (QED) is 0.682. The van der Waals surface area contributed by atoms with Crippen molar-refractivity contribution in [2.24, 2.45) is 0 Å². The Bertz CT molecular complexity index is 1300. The number of aromatic nitrogens is 3. The number of carbonyl (C=O) groups is 1. The van der Waals surface area contributed by atoms with E-state index in [2.05, 4.69) is 0 Å². The molecule has 5 rings (SSSR count). The second kappa shape index (κ2) is 6.75. The Kier molecular flexibility index (Phi) is 4.40. The fourth-order valence-corrected chi connectivity index (χ4v) is 5.21. The zero-order chi connectivity index (χ0) is 23.0. The van der Waals surface area contributed by atoms with E-state index in [0.29, 0.717) is 31.5 Å². The van der Waals surface area contributed by atoms with Crippen LogP contribution in [0.4, 0.5) is 10.1 Å². The van der Waals surface area contributed by atoms with E-state index in [-0.39, 0.29) is 23.5 Å². The topological polar surface area (TPSA) is 79.8 Å². The molecule has 3 aromatic rings. The second-order valence-electron chi connectivity index (χ2n) is 10.1. The van der Waals surface area contributed by atoms with Gasteiger partial charge >= 0.3 is 5.69 Å². The third-order valence-electron chi connectivity index (χ3n) is 6.74. The molecular weight excluding hydrogens is 411 g/mol. The standard InChI is InChI=1S/C24H27FN4O3/c1-14(30)27-13-23(2,3)20-19(27)10-16(9-15-5-7-17(25)8-6-15)21-26-29(22(31)28(20)21)18-11-24(4,32)12-18/h5-8,10,18,32H,9,11-13H2,1-4H3. The molecule has 0 spiro atoms. The van der Waals surface area contributed by atoms with Crippen LogP contribution in [0.1, 0.15) is 63.4 Å². The highest BCUT2D eigenvalue weighted by molar-refractivity contribution is 5.95. The van der Waals surface area contributed by atoms with Gasteiger partial charge in [-0.1, -0.05) is 26.0 Å². The minimum atomic E-state index is -0.788. The van der Waals surface area contributed by atoms with Crippen molar-refractivity contribution in [2.45, 2.75) is 64.0 Å². The molecule has 1 aliphatic heterocycles. The van der Waals surface area contributed by atoms with E-state index in [0.717, 1.165) is 22.5 Å². The number of pyridine rings is 1. The van der Waals surface area contributed by atoms with Gasteiger partial charge in [-0.15, -0.1) is 5.10 Å². The van der Waals surface area contributed by atoms with Crippen molar-refractivity contribution in [3.05, 3.63) is 63.5 Å². The largest absolute Gasteiger partial charge is 0.390 e. The van der Waals surface area contributed by atoms with Crippen LogP contribution in [-0.4, -0.2) is 37.3 Å². The van der Waals surface area contributed by atoms with Gasteiger partial charge in [0, 0.05) is 30.9 Å². The highest BCUT2D eigenvalue weighted by Crippen LogP contribution is 2.43. The summed E-state index contributed by atoms with van der Waals surface area (Å²) >= 11 is 0. The molecule has 32 heavy (non-hydrogen) atoms. The van der Waals surface area contributed by atoms with E-state index < -0.39 is 11.0 Å². The summed E-state index contributed by atoms with van der Waals surface area (Å²) in [6.45, 7) is 7.80. The van der Waals surface area contributed by atoms with Gasteiger partial charge < -0.3 is 10.0 Å². The number of aliphatic hydroxyl groups is 1. The van der Waals surface area contributed by atoms with Crippen molar-refractivity contribution in [1.82, 2.24) is 14.2 Å². The van der Waals surface area contributed by atoms with E-state index >= 15 is 0 Å². The van der Waals surface area contributed by atoms with Gasteiger partial charge in [0.25, 0.3) is 0 Å². The van der Waals surface area contributed by atoms with Crippen molar-refractivity contribution < 1.29 is 14.3 Å². The molecule has 1 N–H and O–H groups in total. The van der Waals surface area contributed by atoms with Gasteiger partial charge in [-0.25, -0.2) is 18.3 Å². The van der Waals surface area contributed by atoms with Crippen LogP contribution < -0.4 is 10.6 Å². The molecule has 0 radical (unpaired) electrons. The van der Waals surface area contributed by atoms with Crippen LogP contribution >= 0.6 is 0 Å². The Morgan fingerprint density at radius 2 is 1.88 bits per heavy atom. The summed E-state index contributed by atoms with van der Waals surface area (Å²) in [5.74, 6) is -0.394. The number of benzene rings is 1. The fraction of sp³-hybridized carbons (Fsp3) is 0.458. The maximum atomic E-state index is 13.6. The minimum Gasteiger partial charge on any atom is -0.390 e.